The number of sulfone groups is 1. The van der Waals surface area contributed by atoms with Crippen LogP contribution in [0.3, 0.4) is 0 Å². The molecule has 2 saturated heterocycles. The number of carbonyl (C=O) groups excluding carboxylic acids is 1. The third kappa shape index (κ3) is 4.49. The van der Waals surface area contributed by atoms with Gasteiger partial charge in [0.25, 0.3) is 0 Å². The molecule has 0 saturated carbocycles. The van der Waals surface area contributed by atoms with Gasteiger partial charge in [-0.2, -0.15) is 0 Å². The van der Waals surface area contributed by atoms with Gasteiger partial charge >= 0.3 is 5.97 Å². The second-order valence-electron chi connectivity index (χ2n) is 9.55. The highest BCUT2D eigenvalue weighted by Crippen LogP contribution is 2.37. The standard InChI is InChI=1S/C25H32N4O5S/c1-4-17-14-20(33-3)16(2)22-21(17)25(30)34-24(27-22)19-6-5-8-26-23(19)29-9-7-18(15-29)28-10-12-35(31,32)13-11-28/h5-6,8,14,16,18,22H,4,7,9-13,15H2,1-3H3/t16?,18-,22?/m1/s1. The fraction of sp³-hybridized carbons (Fsp3) is 0.560. The molecule has 0 spiro atoms. The SMILES string of the molecule is CCC1=C2C(=O)OC(c3cccnc3N3CC[C@@H](N4CCS(=O)(=O)CC4)C3)=NC2C(C)C(OC)=C1. The first kappa shape index (κ1) is 24.0. The lowest BCUT2D eigenvalue weighted by Gasteiger charge is -2.33. The number of fused-ring (bicyclic) bond motifs is 1. The number of allylic oxidation sites excluding steroid dienone is 2. The minimum Gasteiger partial charge on any atom is -0.501 e. The van der Waals surface area contributed by atoms with Gasteiger partial charge in [0.1, 0.15) is 11.6 Å². The number of hydrogen-bond acceptors (Lipinski definition) is 9. The predicted octanol–water partition coefficient (Wildman–Crippen LogP) is 1.95. The van der Waals surface area contributed by atoms with E-state index in [4.69, 9.17) is 14.5 Å². The molecule has 35 heavy (non-hydrogen) atoms. The molecule has 0 amide bonds. The van der Waals surface area contributed by atoms with Gasteiger partial charge in [0.2, 0.25) is 5.90 Å². The van der Waals surface area contributed by atoms with Crippen LogP contribution in [0.4, 0.5) is 5.82 Å². The topological polar surface area (TPSA) is 101 Å². The van der Waals surface area contributed by atoms with Crippen molar-refractivity contribution in [3.8, 4) is 0 Å². The number of ether oxygens (including phenoxy) is 2. The molecular weight excluding hydrogens is 468 g/mol. The molecule has 3 aliphatic heterocycles. The lowest BCUT2D eigenvalue weighted by molar-refractivity contribution is -0.132. The minimum atomic E-state index is -2.91. The normalized spacial score (nSPS) is 28.8. The molecular formula is C25H32N4O5S. The van der Waals surface area contributed by atoms with Crippen molar-refractivity contribution in [1.82, 2.24) is 9.88 Å². The van der Waals surface area contributed by atoms with Crippen molar-refractivity contribution in [3.63, 3.8) is 0 Å². The number of anilines is 1. The highest BCUT2D eigenvalue weighted by atomic mass is 32.2. The van der Waals surface area contributed by atoms with Crippen LogP contribution in [0.25, 0.3) is 0 Å². The molecule has 0 bridgehead atoms. The third-order valence-electron chi connectivity index (χ3n) is 7.54. The van der Waals surface area contributed by atoms with E-state index in [1.165, 1.54) is 0 Å². The number of rotatable bonds is 5. The molecule has 0 N–H and O–H groups in total. The molecule has 3 atom stereocenters. The van der Waals surface area contributed by atoms with Crippen LogP contribution >= 0.6 is 0 Å². The molecule has 9 nitrogen and oxygen atoms in total. The van der Waals surface area contributed by atoms with E-state index in [1.54, 1.807) is 13.3 Å². The molecule has 2 fully saturated rings. The van der Waals surface area contributed by atoms with E-state index in [-0.39, 0.29) is 35.5 Å². The Morgan fingerprint density at radius 2 is 2.00 bits per heavy atom. The first-order chi connectivity index (χ1) is 16.8. The van der Waals surface area contributed by atoms with Gasteiger partial charge in [-0.15, -0.1) is 0 Å². The summed E-state index contributed by atoms with van der Waals surface area (Å²) in [6, 6.07) is 3.62. The van der Waals surface area contributed by atoms with Gasteiger partial charge in [0.15, 0.2) is 9.84 Å². The maximum absolute atomic E-state index is 13.1. The van der Waals surface area contributed by atoms with Gasteiger partial charge in [-0.25, -0.2) is 23.2 Å². The van der Waals surface area contributed by atoms with E-state index in [0.29, 0.717) is 36.5 Å². The molecule has 4 aliphatic rings. The van der Waals surface area contributed by atoms with Crippen LogP contribution < -0.4 is 4.90 Å². The summed E-state index contributed by atoms with van der Waals surface area (Å²) >= 11 is 0. The molecule has 1 aromatic rings. The zero-order valence-electron chi connectivity index (χ0n) is 20.4. The number of aromatic nitrogens is 1. The number of nitrogens with zero attached hydrogens (tertiary/aromatic N) is 4. The molecule has 1 aliphatic carbocycles. The van der Waals surface area contributed by atoms with Crippen molar-refractivity contribution in [1.29, 1.82) is 0 Å². The predicted molar refractivity (Wildman–Crippen MR) is 133 cm³/mol. The summed E-state index contributed by atoms with van der Waals surface area (Å²) in [5.74, 6) is 1.83. The summed E-state index contributed by atoms with van der Waals surface area (Å²) < 4.78 is 35.0. The van der Waals surface area contributed by atoms with Gasteiger partial charge in [0, 0.05) is 44.3 Å². The van der Waals surface area contributed by atoms with E-state index < -0.39 is 9.84 Å². The van der Waals surface area contributed by atoms with Gasteiger partial charge in [0.05, 0.1) is 35.8 Å². The molecule has 4 heterocycles. The maximum atomic E-state index is 13.1. The Labute approximate surface area is 206 Å². The Balaban J connectivity index is 1.42. The summed E-state index contributed by atoms with van der Waals surface area (Å²) in [5.41, 5.74) is 2.20. The summed E-state index contributed by atoms with van der Waals surface area (Å²) in [4.78, 5) is 27.2. The van der Waals surface area contributed by atoms with E-state index in [9.17, 15) is 13.2 Å². The summed E-state index contributed by atoms with van der Waals surface area (Å²) in [5, 5.41) is 0. The van der Waals surface area contributed by atoms with Gasteiger partial charge < -0.3 is 14.4 Å². The second kappa shape index (κ2) is 9.39. The Hall–Kier alpha value is -2.72. The number of aliphatic imine (C=N–C) groups is 1. The quantitative estimate of drug-likeness (QED) is 0.566. The monoisotopic (exact) mass is 500 g/mol. The molecule has 188 valence electrons. The zero-order chi connectivity index (χ0) is 24.7. The van der Waals surface area contributed by atoms with Crippen LogP contribution in [0.1, 0.15) is 32.3 Å². The summed E-state index contributed by atoms with van der Waals surface area (Å²) in [6.07, 6.45) is 5.29. The van der Waals surface area contributed by atoms with Crippen LogP contribution in [0.5, 0.6) is 0 Å². The second-order valence-corrected chi connectivity index (χ2v) is 11.9. The third-order valence-corrected chi connectivity index (χ3v) is 9.15. The largest absolute Gasteiger partial charge is 0.501 e. The van der Waals surface area contributed by atoms with Crippen molar-refractivity contribution < 1.29 is 22.7 Å². The Bertz CT molecular complexity index is 1210. The number of cyclic esters (lactones) is 1. The van der Waals surface area contributed by atoms with Crippen molar-refractivity contribution in [3.05, 3.63) is 46.9 Å². The molecule has 0 radical (unpaired) electrons. The van der Waals surface area contributed by atoms with Gasteiger partial charge in [-0.05, 0) is 36.6 Å². The smallest absolute Gasteiger partial charge is 0.343 e. The number of carbonyl (C=O) groups is 1. The van der Waals surface area contributed by atoms with E-state index in [2.05, 4.69) is 14.8 Å². The molecule has 10 heteroatoms. The molecule has 2 unspecified atom stereocenters. The van der Waals surface area contributed by atoms with Gasteiger partial charge in [-0.1, -0.05) is 13.8 Å². The minimum absolute atomic E-state index is 0.0835. The first-order valence-corrected chi connectivity index (χ1v) is 14.1. The maximum Gasteiger partial charge on any atom is 0.343 e. The Morgan fingerprint density at radius 1 is 1.23 bits per heavy atom. The summed E-state index contributed by atoms with van der Waals surface area (Å²) in [7, 11) is -1.27. The average Bonchev–Trinajstić information content (AvgIpc) is 3.34. The Morgan fingerprint density at radius 3 is 2.71 bits per heavy atom. The fourth-order valence-electron chi connectivity index (χ4n) is 5.50. The lowest BCUT2D eigenvalue weighted by atomic mass is 9.83. The van der Waals surface area contributed by atoms with E-state index >= 15 is 0 Å². The number of esters is 1. The Kier molecular flexibility index (Phi) is 6.43. The van der Waals surface area contributed by atoms with E-state index in [1.807, 2.05) is 32.1 Å². The zero-order valence-corrected chi connectivity index (χ0v) is 21.3. The highest BCUT2D eigenvalue weighted by molar-refractivity contribution is 7.91. The lowest BCUT2D eigenvalue weighted by Crippen LogP contribution is -2.47. The van der Waals surface area contributed by atoms with E-state index in [0.717, 1.165) is 36.7 Å². The molecule has 5 rings (SSSR count). The van der Waals surface area contributed by atoms with Crippen molar-refractivity contribution >= 4 is 27.5 Å². The highest BCUT2D eigenvalue weighted by Gasteiger charge is 2.41. The van der Waals surface area contributed by atoms with Crippen LogP contribution in [0, 0.1) is 5.92 Å². The van der Waals surface area contributed by atoms with Crippen molar-refractivity contribution in [2.24, 2.45) is 10.9 Å². The first-order valence-electron chi connectivity index (χ1n) is 12.2. The summed E-state index contributed by atoms with van der Waals surface area (Å²) in [6.45, 7) is 6.70. The van der Waals surface area contributed by atoms with Crippen molar-refractivity contribution in [2.75, 3.05) is 49.7 Å². The van der Waals surface area contributed by atoms with Gasteiger partial charge in [-0.3, -0.25) is 4.90 Å². The van der Waals surface area contributed by atoms with Crippen LogP contribution in [0.2, 0.25) is 0 Å². The number of pyridine rings is 1. The molecule has 1 aromatic heterocycles. The van der Waals surface area contributed by atoms with Crippen LogP contribution in [-0.2, 0) is 24.1 Å². The average molecular weight is 501 g/mol. The number of hydrogen-bond donors (Lipinski definition) is 0. The van der Waals surface area contributed by atoms with Crippen LogP contribution in [0.15, 0.2) is 46.3 Å². The number of methoxy groups -OCH3 is 1. The molecule has 0 aromatic carbocycles. The van der Waals surface area contributed by atoms with Crippen LogP contribution in [-0.4, -0.2) is 87.0 Å². The van der Waals surface area contributed by atoms with Crippen molar-refractivity contribution in [2.45, 2.75) is 38.8 Å². The fourth-order valence-corrected chi connectivity index (χ4v) is 6.73.